The molecule has 0 aliphatic heterocycles. The summed E-state index contributed by atoms with van der Waals surface area (Å²) >= 11 is 1.30. The molecule has 4 heteroatoms. The van der Waals surface area contributed by atoms with Crippen LogP contribution in [0.25, 0.3) is 0 Å². The molecule has 0 unspecified atom stereocenters. The number of nitrogens with two attached hydrogens (primary N) is 1. The van der Waals surface area contributed by atoms with E-state index >= 15 is 0 Å². The Hall–Kier alpha value is -1.16. The van der Waals surface area contributed by atoms with Gasteiger partial charge in [-0.3, -0.25) is 4.79 Å². The molecule has 0 aromatic heterocycles. The van der Waals surface area contributed by atoms with Gasteiger partial charge in [-0.05, 0) is 18.4 Å². The summed E-state index contributed by atoms with van der Waals surface area (Å²) in [6.07, 6.45) is 1.78. The molecule has 3 N–H and O–H groups in total. The second-order valence-electron chi connectivity index (χ2n) is 2.22. The van der Waals surface area contributed by atoms with Gasteiger partial charge in [0.1, 0.15) is 5.75 Å². The van der Waals surface area contributed by atoms with E-state index in [2.05, 4.69) is 0 Å². The van der Waals surface area contributed by atoms with Crippen LogP contribution in [0.15, 0.2) is 23.1 Å². The van der Waals surface area contributed by atoms with Gasteiger partial charge in [0.25, 0.3) is 0 Å². The van der Waals surface area contributed by atoms with Crippen LogP contribution in [0.4, 0.5) is 0 Å². The first-order chi connectivity index (χ1) is 5.66. The van der Waals surface area contributed by atoms with Crippen molar-refractivity contribution in [3.05, 3.63) is 23.8 Å². The smallest absolute Gasteiger partial charge is 0.249 e. The highest BCUT2D eigenvalue weighted by molar-refractivity contribution is 7.98. The monoisotopic (exact) mass is 183 g/mol. The van der Waals surface area contributed by atoms with Crippen LogP contribution in [0.1, 0.15) is 10.4 Å². The number of hydrogen-bond acceptors (Lipinski definition) is 3. The van der Waals surface area contributed by atoms with E-state index in [0.717, 1.165) is 0 Å². The van der Waals surface area contributed by atoms with Crippen LogP contribution in [-0.4, -0.2) is 17.3 Å². The fourth-order valence-corrected chi connectivity index (χ4v) is 1.60. The van der Waals surface area contributed by atoms with Crippen molar-refractivity contribution >= 4 is 17.7 Å². The Morgan fingerprint density at radius 3 is 2.67 bits per heavy atom. The van der Waals surface area contributed by atoms with Gasteiger partial charge in [0.2, 0.25) is 5.91 Å². The number of rotatable bonds is 2. The summed E-state index contributed by atoms with van der Waals surface area (Å²) in [4.78, 5) is 11.4. The predicted molar refractivity (Wildman–Crippen MR) is 48.4 cm³/mol. The van der Waals surface area contributed by atoms with Gasteiger partial charge < -0.3 is 10.8 Å². The lowest BCUT2D eigenvalue weighted by Gasteiger charge is -2.04. The molecule has 0 saturated heterocycles. The molecule has 1 rings (SSSR count). The van der Waals surface area contributed by atoms with Gasteiger partial charge in [0, 0.05) is 0 Å². The summed E-state index contributed by atoms with van der Waals surface area (Å²) in [6.45, 7) is 0. The molecular formula is C8H9NO2S. The third kappa shape index (κ3) is 1.53. The number of carbonyl (C=O) groups is 1. The van der Waals surface area contributed by atoms with E-state index in [4.69, 9.17) is 5.73 Å². The van der Waals surface area contributed by atoms with Crippen molar-refractivity contribution in [2.45, 2.75) is 4.90 Å². The molecule has 0 saturated carbocycles. The van der Waals surface area contributed by atoms with Crippen LogP contribution in [0.3, 0.4) is 0 Å². The van der Waals surface area contributed by atoms with Crippen LogP contribution in [-0.2, 0) is 0 Å². The molecule has 0 spiro atoms. The number of amides is 1. The van der Waals surface area contributed by atoms with Gasteiger partial charge in [-0.15, -0.1) is 11.8 Å². The SMILES string of the molecule is CSc1c(O)cccc1C(N)=O. The standard InChI is InChI=1S/C8H9NO2S/c1-12-7-5(8(9)11)3-2-4-6(7)10/h2-4,10H,1H3,(H2,9,11). The third-order valence-electron chi connectivity index (χ3n) is 1.46. The van der Waals surface area contributed by atoms with E-state index < -0.39 is 5.91 Å². The minimum Gasteiger partial charge on any atom is -0.507 e. The molecule has 0 fully saturated rings. The van der Waals surface area contributed by atoms with E-state index in [9.17, 15) is 9.90 Å². The van der Waals surface area contributed by atoms with Crippen molar-refractivity contribution < 1.29 is 9.90 Å². The molecule has 1 aromatic carbocycles. The minimum atomic E-state index is -0.518. The van der Waals surface area contributed by atoms with Crippen LogP contribution in [0.2, 0.25) is 0 Å². The normalized spacial score (nSPS) is 9.75. The largest absolute Gasteiger partial charge is 0.507 e. The maximum atomic E-state index is 10.8. The Kier molecular flexibility index (Phi) is 2.60. The molecule has 1 amide bonds. The fourth-order valence-electron chi connectivity index (χ4n) is 0.933. The van der Waals surface area contributed by atoms with E-state index in [-0.39, 0.29) is 5.75 Å². The Morgan fingerprint density at radius 1 is 1.58 bits per heavy atom. The van der Waals surface area contributed by atoms with Crippen molar-refractivity contribution in [1.29, 1.82) is 0 Å². The van der Waals surface area contributed by atoms with E-state index in [1.807, 2.05) is 0 Å². The van der Waals surface area contributed by atoms with E-state index in [1.165, 1.54) is 17.8 Å². The molecule has 0 aliphatic rings. The molecule has 64 valence electrons. The summed E-state index contributed by atoms with van der Waals surface area (Å²) in [5.41, 5.74) is 5.46. The number of aromatic hydroxyl groups is 1. The molecule has 12 heavy (non-hydrogen) atoms. The van der Waals surface area contributed by atoms with Crippen LogP contribution >= 0.6 is 11.8 Å². The van der Waals surface area contributed by atoms with Crippen molar-refractivity contribution in [3.8, 4) is 5.75 Å². The zero-order valence-electron chi connectivity index (χ0n) is 6.57. The van der Waals surface area contributed by atoms with E-state index in [1.54, 1.807) is 18.4 Å². The first-order valence-electron chi connectivity index (χ1n) is 3.32. The lowest BCUT2D eigenvalue weighted by Crippen LogP contribution is -2.11. The zero-order valence-corrected chi connectivity index (χ0v) is 7.39. The molecule has 0 radical (unpaired) electrons. The molecular weight excluding hydrogens is 174 g/mol. The second kappa shape index (κ2) is 3.49. The topological polar surface area (TPSA) is 63.3 Å². The van der Waals surface area contributed by atoms with Gasteiger partial charge in [-0.1, -0.05) is 6.07 Å². The Bertz CT molecular complexity index is 312. The number of hydrogen-bond donors (Lipinski definition) is 2. The molecule has 3 nitrogen and oxygen atoms in total. The van der Waals surface area contributed by atoms with Gasteiger partial charge in [-0.2, -0.15) is 0 Å². The summed E-state index contributed by atoms with van der Waals surface area (Å²) in [5.74, 6) is -0.422. The number of carbonyl (C=O) groups excluding carboxylic acids is 1. The molecule has 0 atom stereocenters. The molecule has 0 aliphatic carbocycles. The third-order valence-corrected chi connectivity index (χ3v) is 2.30. The summed E-state index contributed by atoms with van der Waals surface area (Å²) in [6, 6.07) is 4.71. The van der Waals surface area contributed by atoms with Crippen LogP contribution in [0, 0.1) is 0 Å². The van der Waals surface area contributed by atoms with Gasteiger partial charge in [-0.25, -0.2) is 0 Å². The van der Waals surface area contributed by atoms with Crippen molar-refractivity contribution in [1.82, 2.24) is 0 Å². The van der Waals surface area contributed by atoms with Gasteiger partial charge in [0.15, 0.2) is 0 Å². The predicted octanol–water partition coefficient (Wildman–Crippen LogP) is 1.21. The van der Waals surface area contributed by atoms with Gasteiger partial charge in [0.05, 0.1) is 10.5 Å². The highest BCUT2D eigenvalue weighted by atomic mass is 32.2. The lowest BCUT2D eigenvalue weighted by molar-refractivity contribution is 0.0997. The highest BCUT2D eigenvalue weighted by Gasteiger charge is 2.09. The average Bonchev–Trinajstić information content (AvgIpc) is 2.03. The Balaban J connectivity index is 3.27. The van der Waals surface area contributed by atoms with Crippen molar-refractivity contribution in [3.63, 3.8) is 0 Å². The highest BCUT2D eigenvalue weighted by Crippen LogP contribution is 2.29. The first kappa shape index (κ1) is 8.93. The van der Waals surface area contributed by atoms with Gasteiger partial charge >= 0.3 is 0 Å². The van der Waals surface area contributed by atoms with Crippen molar-refractivity contribution in [2.24, 2.45) is 5.73 Å². The lowest BCUT2D eigenvalue weighted by atomic mass is 10.2. The fraction of sp³-hybridized carbons (Fsp3) is 0.125. The Labute approximate surface area is 74.6 Å². The number of thioether (sulfide) groups is 1. The summed E-state index contributed by atoms with van der Waals surface area (Å²) in [7, 11) is 0. The number of benzene rings is 1. The van der Waals surface area contributed by atoms with Crippen LogP contribution < -0.4 is 5.73 Å². The first-order valence-corrected chi connectivity index (χ1v) is 4.55. The zero-order chi connectivity index (χ0) is 9.14. The summed E-state index contributed by atoms with van der Waals surface area (Å²) < 4.78 is 0. The second-order valence-corrected chi connectivity index (χ2v) is 3.04. The van der Waals surface area contributed by atoms with E-state index in [0.29, 0.717) is 10.5 Å². The number of primary amides is 1. The van der Waals surface area contributed by atoms with Crippen LogP contribution in [0.5, 0.6) is 5.75 Å². The molecule has 0 bridgehead atoms. The maximum Gasteiger partial charge on any atom is 0.249 e. The van der Waals surface area contributed by atoms with Crippen molar-refractivity contribution in [2.75, 3.05) is 6.26 Å². The quantitative estimate of drug-likeness (QED) is 0.677. The number of phenolic OH excluding ortho intramolecular Hbond substituents is 1. The molecule has 1 aromatic rings. The minimum absolute atomic E-state index is 0.0961. The average molecular weight is 183 g/mol. The Morgan fingerprint density at radius 2 is 2.25 bits per heavy atom. The molecule has 0 heterocycles. The summed E-state index contributed by atoms with van der Waals surface area (Å²) in [5, 5.41) is 9.31. The number of phenols is 1. The maximum absolute atomic E-state index is 10.8.